The Labute approximate surface area is 158 Å². The predicted octanol–water partition coefficient (Wildman–Crippen LogP) is 5.81. The average Bonchev–Trinajstić information content (AvgIpc) is 3.05. The maximum absolute atomic E-state index is 5.59. The third-order valence-electron chi connectivity index (χ3n) is 4.40. The lowest BCUT2D eigenvalue weighted by molar-refractivity contribution is 0.407. The van der Waals surface area contributed by atoms with Crippen molar-refractivity contribution >= 4 is 44.6 Å². The SMILES string of the molecule is CC(C)c1ccc(NC(=S)N(C)[C@H](C)c2nc3ccccc3s2)cc1. The van der Waals surface area contributed by atoms with Crippen molar-refractivity contribution in [1.29, 1.82) is 0 Å². The molecule has 0 bridgehead atoms. The normalized spacial score (nSPS) is 12.4. The van der Waals surface area contributed by atoms with Crippen molar-refractivity contribution in [3.8, 4) is 0 Å². The van der Waals surface area contributed by atoms with Gasteiger partial charge in [-0.05, 0) is 54.9 Å². The van der Waals surface area contributed by atoms with Gasteiger partial charge >= 0.3 is 0 Å². The van der Waals surface area contributed by atoms with Crippen LogP contribution in [0.3, 0.4) is 0 Å². The predicted molar refractivity (Wildman–Crippen MR) is 113 cm³/mol. The second-order valence-electron chi connectivity index (χ2n) is 6.51. The minimum absolute atomic E-state index is 0.118. The molecule has 0 saturated carbocycles. The monoisotopic (exact) mass is 369 g/mol. The van der Waals surface area contributed by atoms with Crippen molar-refractivity contribution < 1.29 is 0 Å². The van der Waals surface area contributed by atoms with Gasteiger partial charge < -0.3 is 10.2 Å². The zero-order chi connectivity index (χ0) is 18.0. The first-order valence-electron chi connectivity index (χ1n) is 8.45. The first-order valence-corrected chi connectivity index (χ1v) is 9.67. The molecule has 0 saturated heterocycles. The van der Waals surface area contributed by atoms with Gasteiger partial charge in [0, 0.05) is 12.7 Å². The molecule has 0 radical (unpaired) electrons. The molecule has 130 valence electrons. The lowest BCUT2D eigenvalue weighted by Gasteiger charge is -2.26. The molecule has 0 spiro atoms. The summed E-state index contributed by atoms with van der Waals surface area (Å²) in [5, 5.41) is 5.10. The van der Waals surface area contributed by atoms with E-state index in [0.29, 0.717) is 11.0 Å². The number of benzene rings is 2. The summed E-state index contributed by atoms with van der Waals surface area (Å²) in [6.07, 6.45) is 0. The van der Waals surface area contributed by atoms with Gasteiger partial charge in [0.25, 0.3) is 0 Å². The lowest BCUT2D eigenvalue weighted by atomic mass is 10.0. The van der Waals surface area contributed by atoms with Crippen LogP contribution in [0.5, 0.6) is 0 Å². The summed E-state index contributed by atoms with van der Waals surface area (Å²) < 4.78 is 1.21. The van der Waals surface area contributed by atoms with Gasteiger partial charge in [0.15, 0.2) is 5.11 Å². The summed E-state index contributed by atoms with van der Waals surface area (Å²) >= 11 is 7.31. The number of rotatable bonds is 4. The number of para-hydroxylation sites is 1. The zero-order valence-electron chi connectivity index (χ0n) is 15.0. The van der Waals surface area contributed by atoms with E-state index in [0.717, 1.165) is 16.2 Å². The standard InChI is InChI=1S/C20H23N3S2/c1-13(2)15-9-11-16(12-10-15)21-20(24)23(4)14(3)19-22-17-7-5-6-8-18(17)25-19/h5-14H,1-4H3,(H,21,24)/t14-/m1/s1. The molecule has 1 aromatic heterocycles. The molecule has 0 aliphatic carbocycles. The molecule has 3 rings (SSSR count). The number of thiazole rings is 1. The molecule has 3 aromatic rings. The number of fused-ring (bicyclic) bond motifs is 1. The van der Waals surface area contributed by atoms with E-state index in [9.17, 15) is 0 Å². The number of aromatic nitrogens is 1. The van der Waals surface area contributed by atoms with Crippen LogP contribution in [0.1, 0.15) is 43.3 Å². The molecule has 3 nitrogen and oxygen atoms in total. The maximum Gasteiger partial charge on any atom is 0.173 e. The highest BCUT2D eigenvalue weighted by molar-refractivity contribution is 7.80. The number of hydrogen-bond acceptors (Lipinski definition) is 3. The summed E-state index contributed by atoms with van der Waals surface area (Å²) in [6, 6.07) is 16.8. The van der Waals surface area contributed by atoms with E-state index >= 15 is 0 Å². The second kappa shape index (κ2) is 7.50. The molecule has 0 aliphatic rings. The summed E-state index contributed by atoms with van der Waals surface area (Å²) in [7, 11) is 2.01. The van der Waals surface area contributed by atoms with Gasteiger partial charge in [-0.3, -0.25) is 0 Å². The maximum atomic E-state index is 5.59. The van der Waals surface area contributed by atoms with Crippen LogP contribution in [0.15, 0.2) is 48.5 Å². The van der Waals surface area contributed by atoms with Crippen molar-refractivity contribution in [2.75, 3.05) is 12.4 Å². The Bertz CT molecular complexity index is 835. The Morgan fingerprint density at radius 3 is 2.40 bits per heavy atom. The zero-order valence-corrected chi connectivity index (χ0v) is 16.6. The van der Waals surface area contributed by atoms with Crippen molar-refractivity contribution in [3.63, 3.8) is 0 Å². The molecular weight excluding hydrogens is 346 g/mol. The molecule has 2 aromatic carbocycles. The Morgan fingerprint density at radius 2 is 1.76 bits per heavy atom. The van der Waals surface area contributed by atoms with E-state index in [4.69, 9.17) is 17.2 Å². The third-order valence-corrected chi connectivity index (χ3v) is 5.99. The minimum Gasteiger partial charge on any atom is -0.343 e. The van der Waals surface area contributed by atoms with Crippen molar-refractivity contribution in [3.05, 3.63) is 59.1 Å². The van der Waals surface area contributed by atoms with Gasteiger partial charge in [-0.25, -0.2) is 4.98 Å². The van der Waals surface area contributed by atoms with Gasteiger partial charge in [0.05, 0.1) is 16.3 Å². The van der Waals surface area contributed by atoms with Crippen LogP contribution < -0.4 is 5.32 Å². The fourth-order valence-electron chi connectivity index (χ4n) is 2.57. The second-order valence-corrected chi connectivity index (χ2v) is 7.96. The minimum atomic E-state index is 0.118. The number of thiocarbonyl (C=S) groups is 1. The highest BCUT2D eigenvalue weighted by Gasteiger charge is 2.18. The van der Waals surface area contributed by atoms with E-state index < -0.39 is 0 Å². The van der Waals surface area contributed by atoms with Crippen molar-refractivity contribution in [2.24, 2.45) is 0 Å². The van der Waals surface area contributed by atoms with Gasteiger partial charge in [-0.2, -0.15) is 0 Å². The smallest absolute Gasteiger partial charge is 0.173 e. The number of nitrogens with zero attached hydrogens (tertiary/aromatic N) is 2. The highest BCUT2D eigenvalue weighted by atomic mass is 32.1. The fourth-order valence-corrected chi connectivity index (χ4v) is 3.91. The van der Waals surface area contributed by atoms with E-state index in [-0.39, 0.29) is 6.04 Å². The highest BCUT2D eigenvalue weighted by Crippen LogP contribution is 2.29. The molecule has 0 amide bonds. The van der Waals surface area contributed by atoms with Gasteiger partial charge in [0.2, 0.25) is 0 Å². The van der Waals surface area contributed by atoms with E-state index in [1.165, 1.54) is 10.3 Å². The van der Waals surface area contributed by atoms with Crippen LogP contribution in [-0.4, -0.2) is 22.0 Å². The Hall–Kier alpha value is -1.98. The van der Waals surface area contributed by atoms with Crippen LogP contribution in [0, 0.1) is 0 Å². The first kappa shape index (κ1) is 17.8. The Morgan fingerprint density at radius 1 is 1.08 bits per heavy atom. The first-order chi connectivity index (χ1) is 12.0. The average molecular weight is 370 g/mol. The summed E-state index contributed by atoms with van der Waals surface area (Å²) in [5.41, 5.74) is 3.39. The summed E-state index contributed by atoms with van der Waals surface area (Å²) in [5.74, 6) is 0.530. The molecule has 1 N–H and O–H groups in total. The topological polar surface area (TPSA) is 28.2 Å². The van der Waals surface area contributed by atoms with E-state index in [1.54, 1.807) is 11.3 Å². The van der Waals surface area contributed by atoms with Crippen LogP contribution in [0.4, 0.5) is 5.69 Å². The van der Waals surface area contributed by atoms with Gasteiger partial charge in [-0.15, -0.1) is 11.3 Å². The van der Waals surface area contributed by atoms with Crippen molar-refractivity contribution in [1.82, 2.24) is 9.88 Å². The fraction of sp³-hybridized carbons (Fsp3) is 0.300. The van der Waals surface area contributed by atoms with E-state index in [1.807, 2.05) is 19.2 Å². The van der Waals surface area contributed by atoms with Crippen LogP contribution in [0.2, 0.25) is 0 Å². The summed E-state index contributed by atoms with van der Waals surface area (Å²) in [4.78, 5) is 6.80. The molecule has 0 unspecified atom stereocenters. The van der Waals surface area contributed by atoms with Gasteiger partial charge in [-0.1, -0.05) is 38.1 Å². The molecule has 25 heavy (non-hydrogen) atoms. The van der Waals surface area contributed by atoms with E-state index in [2.05, 4.69) is 67.4 Å². The molecule has 1 atom stereocenters. The lowest BCUT2D eigenvalue weighted by Crippen LogP contribution is -2.33. The van der Waals surface area contributed by atoms with Crippen LogP contribution in [0.25, 0.3) is 10.2 Å². The molecular formula is C20H23N3S2. The number of hydrogen-bond donors (Lipinski definition) is 1. The Kier molecular flexibility index (Phi) is 5.35. The molecule has 1 heterocycles. The van der Waals surface area contributed by atoms with Crippen LogP contribution >= 0.6 is 23.6 Å². The third kappa shape index (κ3) is 3.99. The van der Waals surface area contributed by atoms with Gasteiger partial charge in [0.1, 0.15) is 5.01 Å². The Balaban J connectivity index is 1.70. The number of anilines is 1. The molecule has 0 aliphatic heterocycles. The summed E-state index contributed by atoms with van der Waals surface area (Å²) in [6.45, 7) is 6.52. The quantitative estimate of drug-likeness (QED) is 0.587. The molecule has 5 heteroatoms. The molecule has 0 fully saturated rings. The van der Waals surface area contributed by atoms with Crippen LogP contribution in [-0.2, 0) is 0 Å². The number of nitrogens with one attached hydrogen (secondary N) is 1. The largest absolute Gasteiger partial charge is 0.343 e. The van der Waals surface area contributed by atoms with Crippen molar-refractivity contribution in [2.45, 2.75) is 32.7 Å².